The van der Waals surface area contributed by atoms with Crippen LogP contribution < -0.4 is 20.3 Å². The third kappa shape index (κ3) is 5.87. The molecule has 29 heavy (non-hydrogen) atoms. The van der Waals surface area contributed by atoms with E-state index in [1.165, 1.54) is 5.00 Å². The molecule has 0 radical (unpaired) electrons. The van der Waals surface area contributed by atoms with E-state index in [4.69, 9.17) is 9.73 Å². The Morgan fingerprint density at radius 2 is 1.90 bits per heavy atom. The maximum absolute atomic E-state index is 12.2. The number of ether oxygens (including phenoxy) is 1. The molecule has 1 fully saturated rings. The van der Waals surface area contributed by atoms with E-state index in [2.05, 4.69) is 44.9 Å². The summed E-state index contributed by atoms with van der Waals surface area (Å²) in [6.45, 7) is 7.76. The van der Waals surface area contributed by atoms with Crippen LogP contribution in [0.2, 0.25) is 0 Å². The second-order valence-corrected chi connectivity index (χ2v) is 7.57. The molecular formula is C21H29N5O2S. The van der Waals surface area contributed by atoms with Gasteiger partial charge in [0.15, 0.2) is 5.96 Å². The van der Waals surface area contributed by atoms with Crippen molar-refractivity contribution < 1.29 is 9.53 Å². The van der Waals surface area contributed by atoms with Crippen molar-refractivity contribution >= 4 is 28.2 Å². The molecule has 0 saturated carbocycles. The number of amides is 1. The molecule has 1 saturated heterocycles. The minimum Gasteiger partial charge on any atom is -0.497 e. The summed E-state index contributed by atoms with van der Waals surface area (Å²) >= 11 is 1.78. The molecule has 2 N–H and O–H groups in total. The SMILES string of the molecule is CCNC(=NCCNC(=O)c1ccc(OC)cc1)N1CCN(c2cccs2)CC1. The summed E-state index contributed by atoms with van der Waals surface area (Å²) in [6, 6.07) is 11.4. The molecule has 1 aliphatic heterocycles. The molecule has 0 aliphatic carbocycles. The van der Waals surface area contributed by atoms with Gasteiger partial charge in [-0.3, -0.25) is 9.79 Å². The van der Waals surface area contributed by atoms with Crippen molar-refractivity contribution in [2.24, 2.45) is 4.99 Å². The number of piperazine rings is 1. The van der Waals surface area contributed by atoms with E-state index in [1.807, 2.05) is 0 Å². The second kappa shape index (κ2) is 10.7. The summed E-state index contributed by atoms with van der Waals surface area (Å²) in [6.07, 6.45) is 0. The fraction of sp³-hybridized carbons (Fsp3) is 0.429. The topological polar surface area (TPSA) is 69.2 Å². The van der Waals surface area contributed by atoms with Gasteiger partial charge in [-0.1, -0.05) is 0 Å². The first-order valence-electron chi connectivity index (χ1n) is 9.95. The molecule has 1 amide bonds. The Morgan fingerprint density at radius 3 is 2.52 bits per heavy atom. The van der Waals surface area contributed by atoms with Crippen LogP contribution in [-0.4, -0.2) is 69.7 Å². The Labute approximate surface area is 176 Å². The first-order chi connectivity index (χ1) is 14.2. The van der Waals surface area contributed by atoms with Crippen molar-refractivity contribution in [1.29, 1.82) is 0 Å². The van der Waals surface area contributed by atoms with Gasteiger partial charge in [0.2, 0.25) is 0 Å². The first-order valence-corrected chi connectivity index (χ1v) is 10.8. The maximum atomic E-state index is 12.2. The van der Waals surface area contributed by atoms with Crippen molar-refractivity contribution in [3.8, 4) is 5.75 Å². The molecule has 2 aromatic rings. The molecule has 0 atom stereocenters. The van der Waals surface area contributed by atoms with Crippen molar-refractivity contribution in [2.75, 3.05) is 57.8 Å². The van der Waals surface area contributed by atoms with Gasteiger partial charge in [0.25, 0.3) is 5.91 Å². The van der Waals surface area contributed by atoms with Gasteiger partial charge in [-0.15, -0.1) is 11.3 Å². The Kier molecular flexibility index (Phi) is 7.75. The number of hydrogen-bond acceptors (Lipinski definition) is 5. The molecule has 3 rings (SSSR count). The zero-order valence-corrected chi connectivity index (χ0v) is 17.9. The highest BCUT2D eigenvalue weighted by atomic mass is 32.1. The number of methoxy groups -OCH3 is 1. The number of nitrogens with one attached hydrogen (secondary N) is 2. The number of hydrogen-bond donors (Lipinski definition) is 2. The number of aliphatic imine (C=N–C) groups is 1. The fourth-order valence-corrected chi connectivity index (χ4v) is 3.98. The molecule has 7 nitrogen and oxygen atoms in total. The monoisotopic (exact) mass is 415 g/mol. The van der Waals surface area contributed by atoms with E-state index in [0.29, 0.717) is 18.7 Å². The van der Waals surface area contributed by atoms with Gasteiger partial charge in [0, 0.05) is 44.8 Å². The number of carbonyl (C=O) groups is 1. The lowest BCUT2D eigenvalue weighted by atomic mass is 10.2. The van der Waals surface area contributed by atoms with Crippen LogP contribution in [0.5, 0.6) is 5.75 Å². The molecule has 156 valence electrons. The van der Waals surface area contributed by atoms with Crippen molar-refractivity contribution in [1.82, 2.24) is 15.5 Å². The van der Waals surface area contributed by atoms with Crippen LogP contribution in [0.3, 0.4) is 0 Å². The average molecular weight is 416 g/mol. The highest BCUT2D eigenvalue weighted by molar-refractivity contribution is 7.14. The Bertz CT molecular complexity index is 784. The standard InChI is InChI=1S/C21H29N5O2S/c1-3-22-21(26-14-12-25(13-15-26)19-5-4-16-29-19)24-11-10-23-20(27)17-6-8-18(28-2)9-7-17/h4-9,16H,3,10-15H2,1-2H3,(H,22,24)(H,23,27). The number of thiophene rings is 1. The van der Waals surface area contributed by atoms with Gasteiger partial charge in [-0.05, 0) is 48.7 Å². The Balaban J connectivity index is 1.47. The van der Waals surface area contributed by atoms with Crippen LogP contribution in [0, 0.1) is 0 Å². The highest BCUT2D eigenvalue weighted by Crippen LogP contribution is 2.22. The number of guanidine groups is 1. The van der Waals surface area contributed by atoms with E-state index >= 15 is 0 Å². The number of rotatable bonds is 7. The molecule has 0 unspecified atom stereocenters. The van der Waals surface area contributed by atoms with Gasteiger partial charge in [0.1, 0.15) is 5.75 Å². The number of anilines is 1. The normalized spacial score (nSPS) is 14.6. The van der Waals surface area contributed by atoms with Gasteiger partial charge in [-0.2, -0.15) is 0 Å². The molecule has 1 aromatic heterocycles. The van der Waals surface area contributed by atoms with Crippen LogP contribution in [0.25, 0.3) is 0 Å². The van der Waals surface area contributed by atoms with Gasteiger partial charge in [-0.25, -0.2) is 0 Å². The van der Waals surface area contributed by atoms with E-state index in [-0.39, 0.29) is 5.91 Å². The van der Waals surface area contributed by atoms with Crippen molar-refractivity contribution in [2.45, 2.75) is 6.92 Å². The van der Waals surface area contributed by atoms with Gasteiger partial charge >= 0.3 is 0 Å². The van der Waals surface area contributed by atoms with Gasteiger partial charge in [0.05, 0.1) is 18.7 Å². The smallest absolute Gasteiger partial charge is 0.251 e. The van der Waals surface area contributed by atoms with E-state index < -0.39 is 0 Å². The van der Waals surface area contributed by atoms with Crippen LogP contribution in [0.4, 0.5) is 5.00 Å². The average Bonchev–Trinajstić information content (AvgIpc) is 3.31. The number of benzene rings is 1. The zero-order chi connectivity index (χ0) is 20.5. The molecule has 2 heterocycles. The van der Waals surface area contributed by atoms with Crippen LogP contribution >= 0.6 is 11.3 Å². The van der Waals surface area contributed by atoms with Gasteiger partial charge < -0.3 is 25.2 Å². The second-order valence-electron chi connectivity index (χ2n) is 6.65. The molecular weight excluding hydrogens is 386 g/mol. The lowest BCUT2D eigenvalue weighted by Crippen LogP contribution is -2.52. The van der Waals surface area contributed by atoms with E-state index in [1.54, 1.807) is 42.7 Å². The van der Waals surface area contributed by atoms with Crippen molar-refractivity contribution in [3.05, 3.63) is 47.3 Å². The summed E-state index contributed by atoms with van der Waals surface area (Å²) in [5.41, 5.74) is 0.617. The van der Waals surface area contributed by atoms with Crippen LogP contribution in [-0.2, 0) is 0 Å². The lowest BCUT2D eigenvalue weighted by Gasteiger charge is -2.37. The largest absolute Gasteiger partial charge is 0.497 e. The Morgan fingerprint density at radius 1 is 1.14 bits per heavy atom. The number of nitrogens with zero attached hydrogens (tertiary/aromatic N) is 3. The molecule has 0 spiro atoms. The first kappa shape index (κ1) is 21.0. The molecule has 8 heteroatoms. The highest BCUT2D eigenvalue weighted by Gasteiger charge is 2.20. The predicted molar refractivity (Wildman–Crippen MR) is 119 cm³/mol. The predicted octanol–water partition coefficient (Wildman–Crippen LogP) is 2.27. The van der Waals surface area contributed by atoms with Crippen LogP contribution in [0.1, 0.15) is 17.3 Å². The Hall–Kier alpha value is -2.74. The van der Waals surface area contributed by atoms with E-state index in [0.717, 1.165) is 44.4 Å². The third-order valence-corrected chi connectivity index (χ3v) is 5.67. The minimum atomic E-state index is -0.0996. The third-order valence-electron chi connectivity index (χ3n) is 4.74. The zero-order valence-electron chi connectivity index (χ0n) is 17.1. The fourth-order valence-electron chi connectivity index (χ4n) is 3.19. The van der Waals surface area contributed by atoms with Crippen molar-refractivity contribution in [3.63, 3.8) is 0 Å². The molecule has 0 bridgehead atoms. The van der Waals surface area contributed by atoms with E-state index in [9.17, 15) is 4.79 Å². The minimum absolute atomic E-state index is 0.0996. The summed E-state index contributed by atoms with van der Waals surface area (Å²) in [4.78, 5) is 21.6. The number of carbonyl (C=O) groups excluding carboxylic acids is 1. The summed E-state index contributed by atoms with van der Waals surface area (Å²) in [5.74, 6) is 1.55. The van der Waals surface area contributed by atoms with Crippen LogP contribution in [0.15, 0.2) is 46.8 Å². The summed E-state index contributed by atoms with van der Waals surface area (Å²) in [7, 11) is 1.61. The molecule has 1 aromatic carbocycles. The maximum Gasteiger partial charge on any atom is 0.251 e. The summed E-state index contributed by atoms with van der Waals surface area (Å²) < 4.78 is 5.12. The molecule has 1 aliphatic rings. The lowest BCUT2D eigenvalue weighted by molar-refractivity contribution is 0.0954. The summed E-state index contributed by atoms with van der Waals surface area (Å²) in [5, 5.41) is 9.74. The quantitative estimate of drug-likeness (QED) is 0.413.